The van der Waals surface area contributed by atoms with Gasteiger partial charge in [0, 0.05) is 23.6 Å². The summed E-state index contributed by atoms with van der Waals surface area (Å²) < 4.78 is 1.73. The monoisotopic (exact) mass is 472 g/mol. The van der Waals surface area contributed by atoms with Crippen molar-refractivity contribution in [1.82, 2.24) is 14.7 Å². The van der Waals surface area contributed by atoms with Crippen LogP contribution in [0, 0.1) is 6.92 Å². The molecular weight excluding hydrogens is 447 g/mol. The van der Waals surface area contributed by atoms with Gasteiger partial charge in [-0.15, -0.1) is 0 Å². The summed E-state index contributed by atoms with van der Waals surface area (Å²) in [7, 11) is 1.55. The summed E-state index contributed by atoms with van der Waals surface area (Å²) in [6.45, 7) is 8.02. The van der Waals surface area contributed by atoms with Crippen LogP contribution in [0.15, 0.2) is 48.5 Å². The summed E-state index contributed by atoms with van der Waals surface area (Å²) >= 11 is 12.0. The summed E-state index contributed by atoms with van der Waals surface area (Å²) in [6.07, 6.45) is 0. The van der Waals surface area contributed by atoms with Crippen molar-refractivity contribution >= 4 is 40.8 Å². The third kappa shape index (κ3) is 5.31. The molecule has 0 aliphatic rings. The Balaban J connectivity index is 1.83. The number of nitrogens with one attached hydrogen (secondary N) is 1. The zero-order chi connectivity index (χ0) is 23.6. The Morgan fingerprint density at radius 1 is 1.09 bits per heavy atom. The quantitative estimate of drug-likeness (QED) is 0.533. The molecule has 2 amide bonds. The van der Waals surface area contributed by atoms with E-state index in [1.807, 2.05) is 37.3 Å². The van der Waals surface area contributed by atoms with Crippen molar-refractivity contribution in [3.05, 3.63) is 75.4 Å². The second-order valence-corrected chi connectivity index (χ2v) is 9.54. The lowest BCUT2D eigenvalue weighted by Crippen LogP contribution is -2.35. The number of benzene rings is 2. The molecule has 2 aromatic carbocycles. The first-order chi connectivity index (χ1) is 15.0. The van der Waals surface area contributed by atoms with Crippen molar-refractivity contribution in [3.63, 3.8) is 0 Å². The summed E-state index contributed by atoms with van der Waals surface area (Å²) in [4.78, 5) is 26.9. The number of likely N-dealkylation sites (N-methyl/N-ethyl adjacent to an activating group) is 1. The highest BCUT2D eigenvalue weighted by Crippen LogP contribution is 2.27. The van der Waals surface area contributed by atoms with Crippen LogP contribution in [0.5, 0.6) is 0 Å². The minimum Gasteiger partial charge on any atom is -0.332 e. The van der Waals surface area contributed by atoms with E-state index in [9.17, 15) is 9.59 Å². The van der Waals surface area contributed by atoms with Crippen LogP contribution < -0.4 is 5.32 Å². The minimum atomic E-state index is -0.371. The van der Waals surface area contributed by atoms with Crippen LogP contribution in [-0.2, 0) is 10.2 Å². The molecule has 1 N–H and O–H groups in total. The first-order valence-electron chi connectivity index (χ1n) is 10.1. The molecule has 0 fully saturated rings. The van der Waals surface area contributed by atoms with Gasteiger partial charge >= 0.3 is 0 Å². The van der Waals surface area contributed by atoms with Crippen molar-refractivity contribution in [2.45, 2.75) is 33.1 Å². The van der Waals surface area contributed by atoms with Gasteiger partial charge in [-0.05, 0) is 36.8 Å². The molecule has 0 saturated carbocycles. The van der Waals surface area contributed by atoms with Crippen molar-refractivity contribution in [2.75, 3.05) is 18.9 Å². The Kier molecular flexibility index (Phi) is 6.96. The molecule has 0 radical (unpaired) electrons. The molecule has 0 aliphatic heterocycles. The maximum Gasteiger partial charge on any atom is 0.255 e. The lowest BCUT2D eigenvalue weighted by atomic mass is 9.92. The number of aryl methyl sites for hydroxylation is 1. The van der Waals surface area contributed by atoms with Crippen molar-refractivity contribution in [2.24, 2.45) is 0 Å². The normalized spacial score (nSPS) is 11.3. The lowest BCUT2D eigenvalue weighted by molar-refractivity contribution is -0.116. The van der Waals surface area contributed by atoms with E-state index in [2.05, 4.69) is 26.1 Å². The molecule has 0 saturated heterocycles. The number of para-hydroxylation sites is 1. The third-order valence-electron chi connectivity index (χ3n) is 4.98. The number of carbonyl (C=O) groups excluding carboxylic acids is 2. The maximum atomic E-state index is 12.8. The Hall–Kier alpha value is -2.83. The zero-order valence-corrected chi connectivity index (χ0v) is 20.3. The number of carbonyl (C=O) groups is 2. The Bertz CT molecular complexity index is 1170. The molecule has 3 aromatic rings. The Morgan fingerprint density at radius 2 is 1.78 bits per heavy atom. The third-order valence-corrected chi connectivity index (χ3v) is 5.53. The molecule has 1 aromatic heterocycles. The smallest absolute Gasteiger partial charge is 0.255 e. The number of nitrogens with zero attached hydrogens (tertiary/aromatic N) is 3. The van der Waals surface area contributed by atoms with Crippen LogP contribution in [0.1, 0.15) is 42.4 Å². The van der Waals surface area contributed by atoms with Crippen LogP contribution in [0.3, 0.4) is 0 Å². The van der Waals surface area contributed by atoms with E-state index >= 15 is 0 Å². The number of aromatic nitrogens is 2. The van der Waals surface area contributed by atoms with Gasteiger partial charge in [-0.25, -0.2) is 4.68 Å². The minimum absolute atomic E-state index is 0.151. The van der Waals surface area contributed by atoms with Gasteiger partial charge in [0.1, 0.15) is 5.82 Å². The summed E-state index contributed by atoms with van der Waals surface area (Å²) in [5.74, 6) is -0.176. The molecular formula is C24H26Cl2N4O2. The van der Waals surface area contributed by atoms with Crippen molar-refractivity contribution in [3.8, 4) is 5.69 Å². The molecule has 0 bridgehead atoms. The average Bonchev–Trinajstić information content (AvgIpc) is 3.11. The lowest BCUT2D eigenvalue weighted by Gasteiger charge is -2.18. The predicted molar refractivity (Wildman–Crippen MR) is 129 cm³/mol. The molecule has 8 heteroatoms. The van der Waals surface area contributed by atoms with Gasteiger partial charge in [-0.1, -0.05) is 62.2 Å². The number of hydrogen-bond acceptors (Lipinski definition) is 3. The van der Waals surface area contributed by atoms with Crippen LogP contribution in [0.2, 0.25) is 10.0 Å². The van der Waals surface area contributed by atoms with E-state index in [-0.39, 0.29) is 34.4 Å². The van der Waals surface area contributed by atoms with Gasteiger partial charge in [0.2, 0.25) is 5.91 Å². The van der Waals surface area contributed by atoms with Crippen LogP contribution in [-0.4, -0.2) is 40.1 Å². The SMILES string of the molecule is Cc1ccccc1-n1nc(C(C)(C)C)cc1NC(=O)CN(C)C(=O)c1ccc(Cl)cc1Cl. The maximum absolute atomic E-state index is 12.8. The van der Waals surface area contributed by atoms with Gasteiger partial charge < -0.3 is 10.2 Å². The van der Waals surface area contributed by atoms with Gasteiger partial charge in [0.15, 0.2) is 0 Å². The predicted octanol–water partition coefficient (Wildman–Crippen LogP) is 5.50. The van der Waals surface area contributed by atoms with E-state index in [4.69, 9.17) is 28.3 Å². The number of rotatable bonds is 5. The molecule has 0 atom stereocenters. The number of hydrogen-bond donors (Lipinski definition) is 1. The standard InChI is InChI=1S/C24H26Cl2N4O2/c1-15-8-6-7-9-19(15)30-21(13-20(28-30)24(2,3)4)27-22(31)14-29(5)23(32)17-11-10-16(25)12-18(17)26/h6-13H,14H2,1-5H3,(H,27,31). The summed E-state index contributed by atoms with van der Waals surface area (Å²) in [5, 5.41) is 8.32. The highest BCUT2D eigenvalue weighted by atomic mass is 35.5. The Labute approximate surface area is 198 Å². The van der Waals surface area contributed by atoms with Crippen molar-refractivity contribution < 1.29 is 9.59 Å². The molecule has 0 aliphatic carbocycles. The van der Waals surface area contributed by atoms with E-state index in [1.54, 1.807) is 23.9 Å². The van der Waals surface area contributed by atoms with Gasteiger partial charge in [0.05, 0.1) is 28.5 Å². The van der Waals surface area contributed by atoms with E-state index in [0.29, 0.717) is 10.8 Å². The molecule has 32 heavy (non-hydrogen) atoms. The molecule has 1 heterocycles. The van der Waals surface area contributed by atoms with Gasteiger partial charge in [-0.3, -0.25) is 9.59 Å². The van der Waals surface area contributed by atoms with E-state index in [0.717, 1.165) is 16.9 Å². The summed E-state index contributed by atoms with van der Waals surface area (Å²) in [6, 6.07) is 14.3. The molecule has 3 rings (SSSR count). The van der Waals surface area contributed by atoms with Gasteiger partial charge in [-0.2, -0.15) is 5.10 Å². The van der Waals surface area contributed by atoms with Crippen LogP contribution in [0.25, 0.3) is 5.69 Å². The topological polar surface area (TPSA) is 67.2 Å². The number of halogens is 2. The molecule has 0 unspecified atom stereocenters. The first kappa shape index (κ1) is 23.8. The van der Waals surface area contributed by atoms with Crippen molar-refractivity contribution in [1.29, 1.82) is 0 Å². The fraction of sp³-hybridized carbons (Fsp3) is 0.292. The first-order valence-corrected chi connectivity index (χ1v) is 10.9. The molecule has 168 valence electrons. The van der Waals surface area contributed by atoms with E-state index in [1.165, 1.54) is 11.0 Å². The zero-order valence-electron chi connectivity index (χ0n) is 18.7. The second kappa shape index (κ2) is 9.35. The fourth-order valence-electron chi connectivity index (χ4n) is 3.16. The highest BCUT2D eigenvalue weighted by Gasteiger charge is 2.23. The number of amides is 2. The summed E-state index contributed by atoms with van der Waals surface area (Å²) in [5.41, 5.74) is 2.82. The molecule has 6 nitrogen and oxygen atoms in total. The highest BCUT2D eigenvalue weighted by molar-refractivity contribution is 6.36. The fourth-order valence-corrected chi connectivity index (χ4v) is 3.65. The van der Waals surface area contributed by atoms with Gasteiger partial charge in [0.25, 0.3) is 5.91 Å². The van der Waals surface area contributed by atoms with E-state index < -0.39 is 0 Å². The van der Waals surface area contributed by atoms with Crippen LogP contribution >= 0.6 is 23.2 Å². The largest absolute Gasteiger partial charge is 0.332 e. The van der Waals surface area contributed by atoms with Crippen LogP contribution in [0.4, 0.5) is 5.82 Å². The molecule has 0 spiro atoms. The number of anilines is 1. The average molecular weight is 473 g/mol. The second-order valence-electron chi connectivity index (χ2n) is 8.70. The Morgan fingerprint density at radius 3 is 2.41 bits per heavy atom.